The molecule has 0 amide bonds. The lowest BCUT2D eigenvalue weighted by atomic mass is 10.2. The molecule has 2 aromatic carbocycles. The Balaban J connectivity index is 2.20. The predicted molar refractivity (Wildman–Crippen MR) is 84.7 cm³/mol. The van der Waals surface area contributed by atoms with Crippen LogP contribution in [0.3, 0.4) is 0 Å². The van der Waals surface area contributed by atoms with Crippen LogP contribution in [0.4, 0.5) is 0 Å². The number of nitrogens with one attached hydrogen (secondary N) is 1. The zero-order valence-corrected chi connectivity index (χ0v) is 12.7. The van der Waals surface area contributed by atoms with Crippen LogP contribution in [-0.4, -0.2) is 6.54 Å². The van der Waals surface area contributed by atoms with Crippen LogP contribution in [0.1, 0.15) is 24.5 Å². The van der Waals surface area contributed by atoms with E-state index >= 15 is 0 Å². The summed E-state index contributed by atoms with van der Waals surface area (Å²) in [5.74, 6) is 1.74. The molecular formula is C17H20ClNO. The fourth-order valence-electron chi connectivity index (χ4n) is 1.97. The van der Waals surface area contributed by atoms with Crippen LogP contribution in [0.5, 0.6) is 11.5 Å². The van der Waals surface area contributed by atoms with Gasteiger partial charge in [-0.3, -0.25) is 0 Å². The lowest BCUT2D eigenvalue weighted by molar-refractivity contribution is 0.469. The van der Waals surface area contributed by atoms with E-state index in [1.807, 2.05) is 49.4 Å². The van der Waals surface area contributed by atoms with E-state index in [0.29, 0.717) is 0 Å². The van der Waals surface area contributed by atoms with Crippen LogP contribution < -0.4 is 10.1 Å². The summed E-state index contributed by atoms with van der Waals surface area (Å²) in [5.41, 5.74) is 2.20. The molecule has 0 saturated carbocycles. The standard InChI is InChI=1S/C17H20ClNO/c1-3-10-19-12-14-11-15(18)8-9-17(14)20-16-7-5-4-6-13(16)2/h4-9,11,19H,3,10,12H2,1-2H3. The third-order valence-corrected chi connectivity index (χ3v) is 3.31. The number of benzene rings is 2. The van der Waals surface area contributed by atoms with Crippen molar-refractivity contribution in [2.24, 2.45) is 0 Å². The summed E-state index contributed by atoms with van der Waals surface area (Å²) >= 11 is 6.08. The largest absolute Gasteiger partial charge is 0.457 e. The Morgan fingerprint density at radius 1 is 1.10 bits per heavy atom. The molecule has 106 valence electrons. The van der Waals surface area contributed by atoms with Crippen molar-refractivity contribution in [3.05, 3.63) is 58.6 Å². The summed E-state index contributed by atoms with van der Waals surface area (Å²) in [4.78, 5) is 0. The van der Waals surface area contributed by atoms with Gasteiger partial charge in [-0.15, -0.1) is 0 Å². The molecule has 0 aliphatic carbocycles. The molecular weight excluding hydrogens is 270 g/mol. The monoisotopic (exact) mass is 289 g/mol. The summed E-state index contributed by atoms with van der Waals surface area (Å²) in [6.45, 7) is 5.93. The van der Waals surface area contributed by atoms with Gasteiger partial charge in [0, 0.05) is 17.1 Å². The topological polar surface area (TPSA) is 21.3 Å². The van der Waals surface area contributed by atoms with Gasteiger partial charge in [-0.25, -0.2) is 0 Å². The molecule has 1 N–H and O–H groups in total. The van der Waals surface area contributed by atoms with Gasteiger partial charge >= 0.3 is 0 Å². The first-order valence-electron chi connectivity index (χ1n) is 6.93. The maximum atomic E-state index is 6.08. The molecule has 0 aliphatic rings. The van der Waals surface area contributed by atoms with Gasteiger partial charge < -0.3 is 10.1 Å². The smallest absolute Gasteiger partial charge is 0.132 e. The fraction of sp³-hybridized carbons (Fsp3) is 0.294. The first-order chi connectivity index (χ1) is 9.70. The Bertz CT molecular complexity index is 569. The van der Waals surface area contributed by atoms with Gasteiger partial charge in [-0.2, -0.15) is 0 Å². The van der Waals surface area contributed by atoms with E-state index in [2.05, 4.69) is 12.2 Å². The molecule has 0 saturated heterocycles. The zero-order chi connectivity index (χ0) is 14.4. The van der Waals surface area contributed by atoms with E-state index in [4.69, 9.17) is 16.3 Å². The van der Waals surface area contributed by atoms with E-state index in [9.17, 15) is 0 Å². The van der Waals surface area contributed by atoms with Crippen molar-refractivity contribution in [3.8, 4) is 11.5 Å². The van der Waals surface area contributed by atoms with E-state index < -0.39 is 0 Å². The minimum atomic E-state index is 0.732. The van der Waals surface area contributed by atoms with E-state index in [-0.39, 0.29) is 0 Å². The maximum Gasteiger partial charge on any atom is 0.132 e. The first kappa shape index (κ1) is 14.9. The summed E-state index contributed by atoms with van der Waals surface area (Å²) in [7, 11) is 0. The normalized spacial score (nSPS) is 10.6. The molecule has 0 heterocycles. The predicted octanol–water partition coefficient (Wildman–Crippen LogP) is 4.94. The maximum absolute atomic E-state index is 6.08. The second kappa shape index (κ2) is 7.32. The molecule has 0 radical (unpaired) electrons. The Morgan fingerprint density at radius 3 is 2.65 bits per heavy atom. The van der Waals surface area contributed by atoms with E-state index in [1.165, 1.54) is 0 Å². The second-order valence-corrected chi connectivity index (χ2v) is 5.23. The van der Waals surface area contributed by atoms with Crippen molar-refractivity contribution in [1.82, 2.24) is 5.32 Å². The molecule has 2 nitrogen and oxygen atoms in total. The second-order valence-electron chi connectivity index (χ2n) is 4.80. The third kappa shape index (κ3) is 3.99. The molecule has 0 aliphatic heterocycles. The molecule has 0 atom stereocenters. The van der Waals surface area contributed by atoms with Crippen molar-refractivity contribution in [1.29, 1.82) is 0 Å². The summed E-state index contributed by atoms with van der Waals surface area (Å²) in [5, 5.41) is 4.11. The highest BCUT2D eigenvalue weighted by Gasteiger charge is 2.07. The van der Waals surface area contributed by atoms with Crippen LogP contribution in [0.25, 0.3) is 0 Å². The lowest BCUT2D eigenvalue weighted by Gasteiger charge is -2.13. The Labute approximate surface area is 125 Å². The van der Waals surface area contributed by atoms with Crippen LogP contribution in [0, 0.1) is 6.92 Å². The van der Waals surface area contributed by atoms with Gasteiger partial charge in [0.05, 0.1) is 0 Å². The summed E-state index contributed by atoms with van der Waals surface area (Å²) in [6.07, 6.45) is 1.11. The average molecular weight is 290 g/mol. The molecule has 3 heteroatoms. The van der Waals surface area contributed by atoms with Gasteiger partial charge in [-0.05, 0) is 49.7 Å². The Morgan fingerprint density at radius 2 is 1.90 bits per heavy atom. The molecule has 0 aromatic heterocycles. The molecule has 2 rings (SSSR count). The van der Waals surface area contributed by atoms with E-state index in [1.54, 1.807) is 0 Å². The summed E-state index contributed by atoms with van der Waals surface area (Å²) < 4.78 is 6.03. The summed E-state index contributed by atoms with van der Waals surface area (Å²) in [6, 6.07) is 13.8. The van der Waals surface area contributed by atoms with Crippen molar-refractivity contribution >= 4 is 11.6 Å². The zero-order valence-electron chi connectivity index (χ0n) is 11.9. The first-order valence-corrected chi connectivity index (χ1v) is 7.31. The van der Waals surface area contributed by atoms with Gasteiger partial charge in [-0.1, -0.05) is 36.7 Å². The van der Waals surface area contributed by atoms with Crippen LogP contribution in [0.15, 0.2) is 42.5 Å². The number of rotatable bonds is 6. The van der Waals surface area contributed by atoms with E-state index in [0.717, 1.165) is 47.2 Å². The molecule has 0 spiro atoms. The molecule has 20 heavy (non-hydrogen) atoms. The average Bonchev–Trinajstić information content (AvgIpc) is 2.44. The number of hydrogen-bond acceptors (Lipinski definition) is 2. The third-order valence-electron chi connectivity index (χ3n) is 3.08. The highest BCUT2D eigenvalue weighted by molar-refractivity contribution is 6.30. The quantitative estimate of drug-likeness (QED) is 0.761. The van der Waals surface area contributed by atoms with Gasteiger partial charge in [0.15, 0.2) is 0 Å². The number of hydrogen-bond donors (Lipinski definition) is 1. The number of para-hydroxylation sites is 1. The molecule has 0 unspecified atom stereocenters. The number of halogens is 1. The minimum Gasteiger partial charge on any atom is -0.457 e. The molecule has 0 bridgehead atoms. The van der Waals surface area contributed by atoms with Crippen LogP contribution in [-0.2, 0) is 6.54 Å². The SMILES string of the molecule is CCCNCc1cc(Cl)ccc1Oc1ccccc1C. The molecule has 0 fully saturated rings. The lowest BCUT2D eigenvalue weighted by Crippen LogP contribution is -2.14. The van der Waals surface area contributed by atoms with Gasteiger partial charge in [0.1, 0.15) is 11.5 Å². The Hall–Kier alpha value is -1.51. The van der Waals surface area contributed by atoms with Crippen LogP contribution >= 0.6 is 11.6 Å². The van der Waals surface area contributed by atoms with Crippen molar-refractivity contribution in [2.45, 2.75) is 26.8 Å². The number of aryl methyl sites for hydroxylation is 1. The van der Waals surface area contributed by atoms with Gasteiger partial charge in [0.2, 0.25) is 0 Å². The van der Waals surface area contributed by atoms with Crippen LogP contribution in [0.2, 0.25) is 5.02 Å². The highest BCUT2D eigenvalue weighted by atomic mass is 35.5. The highest BCUT2D eigenvalue weighted by Crippen LogP contribution is 2.29. The van der Waals surface area contributed by atoms with Crippen molar-refractivity contribution in [2.75, 3.05) is 6.54 Å². The van der Waals surface area contributed by atoms with Gasteiger partial charge in [0.25, 0.3) is 0 Å². The fourth-order valence-corrected chi connectivity index (χ4v) is 2.17. The Kier molecular flexibility index (Phi) is 5.45. The van der Waals surface area contributed by atoms with Crippen molar-refractivity contribution < 1.29 is 4.74 Å². The molecule has 2 aromatic rings. The van der Waals surface area contributed by atoms with Crippen molar-refractivity contribution in [3.63, 3.8) is 0 Å². The minimum absolute atomic E-state index is 0.732. The number of ether oxygens (including phenoxy) is 1.